The molecule has 0 unspecified atom stereocenters. The number of Topliss-reactive ketones (excluding diaryl/α,β-unsaturated/α-hetero) is 2. The third-order valence-corrected chi connectivity index (χ3v) is 9.41. The zero-order chi connectivity index (χ0) is 24.9. The van der Waals surface area contributed by atoms with Gasteiger partial charge >= 0.3 is 0 Å². The van der Waals surface area contributed by atoms with Crippen molar-refractivity contribution >= 4 is 45.0 Å². The number of rotatable bonds is 2. The van der Waals surface area contributed by atoms with Gasteiger partial charge in [0, 0.05) is 35.6 Å². The number of hydrogen-bond acceptors (Lipinski definition) is 8. The van der Waals surface area contributed by atoms with Crippen molar-refractivity contribution in [1.82, 2.24) is 4.98 Å². The van der Waals surface area contributed by atoms with Crippen molar-refractivity contribution in [2.45, 2.75) is 57.1 Å². The van der Waals surface area contributed by atoms with Crippen LogP contribution < -0.4 is 10.5 Å². The number of aromatic hydroxyl groups is 1. The molecular formula is C27H32N2O4S2. The van der Waals surface area contributed by atoms with Gasteiger partial charge in [0.05, 0.1) is 13.5 Å². The smallest absolute Gasteiger partial charge is 0.166 e. The Morgan fingerprint density at radius 2 is 2.00 bits per heavy atom. The maximum Gasteiger partial charge on any atom is 0.166 e. The number of anilines is 1. The summed E-state index contributed by atoms with van der Waals surface area (Å²) in [6, 6.07) is 5.59. The topological polar surface area (TPSA) is 103 Å². The molecule has 2 heterocycles. The lowest BCUT2D eigenvalue weighted by Crippen LogP contribution is -2.12. The molecule has 8 heteroatoms. The maximum atomic E-state index is 13.2. The van der Waals surface area contributed by atoms with Crippen molar-refractivity contribution in [3.05, 3.63) is 52.2 Å². The van der Waals surface area contributed by atoms with E-state index in [1.807, 2.05) is 6.08 Å². The highest BCUT2D eigenvalue weighted by atomic mass is 33.1. The van der Waals surface area contributed by atoms with E-state index < -0.39 is 0 Å². The van der Waals surface area contributed by atoms with Crippen LogP contribution in [0.4, 0.5) is 5.82 Å². The van der Waals surface area contributed by atoms with Gasteiger partial charge in [-0.25, -0.2) is 4.98 Å². The molecule has 2 atom stereocenters. The van der Waals surface area contributed by atoms with Crippen LogP contribution in [0.2, 0.25) is 0 Å². The fraction of sp³-hybridized carbons (Fsp3) is 0.444. The monoisotopic (exact) mass is 512 g/mol. The number of nitrogen functional groups attached to an aromatic ring is 1. The van der Waals surface area contributed by atoms with Crippen LogP contribution in [0, 0.1) is 5.92 Å². The molecule has 0 saturated carbocycles. The van der Waals surface area contributed by atoms with Crippen molar-refractivity contribution in [3.8, 4) is 11.5 Å². The van der Waals surface area contributed by atoms with Crippen LogP contribution in [0.15, 0.2) is 30.0 Å². The predicted molar refractivity (Wildman–Crippen MR) is 144 cm³/mol. The SMILES string of the molecule is CC[C@H]1CCC(=O)CC(=O)C2=Cc3cc(OC)c(O)cc3[C@@H](CC2)c2cnc(N)c(c2)CSSC1. The van der Waals surface area contributed by atoms with Crippen molar-refractivity contribution in [1.29, 1.82) is 0 Å². The maximum absolute atomic E-state index is 13.2. The number of phenols is 1. The lowest BCUT2D eigenvalue weighted by atomic mass is 9.86. The second kappa shape index (κ2) is 11.5. The van der Waals surface area contributed by atoms with Crippen molar-refractivity contribution in [2.24, 2.45) is 5.92 Å². The number of allylic oxidation sites excluding steroid dienone is 1. The molecule has 4 rings (SSSR count). The standard InChI is InChI=1S/C27H32N2O4S2/c1-3-16-4-6-21(30)11-24(31)17-5-7-22(23-12-25(32)26(33-2)10-18(23)8-17)19-9-20(15-35-34-14-16)27(28)29-13-19/h8-10,12-13,16,22,32H,3-7,11,14-15H2,1-2H3,(H2,28,29)/t16-,22-/m0/s1. The highest BCUT2D eigenvalue weighted by Gasteiger charge is 2.27. The van der Waals surface area contributed by atoms with Gasteiger partial charge in [-0.15, -0.1) is 0 Å². The van der Waals surface area contributed by atoms with E-state index in [0.29, 0.717) is 42.3 Å². The van der Waals surface area contributed by atoms with Crippen LogP contribution in [-0.4, -0.2) is 34.5 Å². The molecule has 0 fully saturated rings. The Morgan fingerprint density at radius 3 is 2.77 bits per heavy atom. The lowest BCUT2D eigenvalue weighted by molar-refractivity contribution is -0.125. The minimum absolute atomic E-state index is 0.00394. The van der Waals surface area contributed by atoms with Crippen LogP contribution in [0.5, 0.6) is 11.5 Å². The predicted octanol–water partition coefficient (Wildman–Crippen LogP) is 5.92. The Bertz CT molecular complexity index is 1150. The Morgan fingerprint density at radius 1 is 1.17 bits per heavy atom. The van der Waals surface area contributed by atoms with Gasteiger partial charge in [-0.1, -0.05) is 34.9 Å². The summed E-state index contributed by atoms with van der Waals surface area (Å²) in [7, 11) is 5.06. The average Bonchev–Trinajstić information content (AvgIpc) is 3.03. The number of benzene rings is 1. The fourth-order valence-corrected chi connectivity index (χ4v) is 7.35. The van der Waals surface area contributed by atoms with Gasteiger partial charge in [0.25, 0.3) is 0 Å². The normalized spacial score (nSPS) is 21.6. The molecule has 3 N–H and O–H groups in total. The molecular weight excluding hydrogens is 480 g/mol. The molecule has 186 valence electrons. The van der Waals surface area contributed by atoms with E-state index in [1.165, 1.54) is 7.11 Å². The minimum Gasteiger partial charge on any atom is -0.504 e. The van der Waals surface area contributed by atoms with Crippen LogP contribution >= 0.6 is 21.6 Å². The summed E-state index contributed by atoms with van der Waals surface area (Å²) in [5.74, 6) is 2.87. The number of nitrogens with zero attached hydrogens (tertiary/aromatic N) is 1. The third-order valence-electron chi connectivity index (χ3n) is 6.94. The van der Waals surface area contributed by atoms with Gasteiger partial charge in [-0.05, 0) is 71.7 Å². The Balaban J connectivity index is 1.78. The molecule has 0 amide bonds. The van der Waals surface area contributed by atoms with Crippen molar-refractivity contribution < 1.29 is 19.4 Å². The lowest BCUT2D eigenvalue weighted by Gasteiger charge is -2.20. The number of phenolic OH excluding ortho intramolecular Hbond substituents is 1. The zero-order valence-electron chi connectivity index (χ0n) is 20.2. The number of carbonyl (C=O) groups excluding carboxylic acids is 2. The second-order valence-corrected chi connectivity index (χ2v) is 11.7. The molecule has 0 spiro atoms. The van der Waals surface area contributed by atoms with Crippen LogP contribution in [-0.2, 0) is 15.3 Å². The van der Waals surface area contributed by atoms with E-state index >= 15 is 0 Å². The first-order valence-electron chi connectivity index (χ1n) is 12.0. The van der Waals surface area contributed by atoms with E-state index in [0.717, 1.165) is 46.6 Å². The summed E-state index contributed by atoms with van der Waals surface area (Å²) in [6.07, 6.45) is 7.04. The van der Waals surface area contributed by atoms with Gasteiger partial charge in [0.1, 0.15) is 11.6 Å². The summed E-state index contributed by atoms with van der Waals surface area (Å²) < 4.78 is 5.34. The second-order valence-electron chi connectivity index (χ2n) is 9.23. The van der Waals surface area contributed by atoms with E-state index in [2.05, 4.69) is 18.0 Å². The third kappa shape index (κ3) is 6.04. The number of nitrogens with two attached hydrogens (primary N) is 1. The van der Waals surface area contributed by atoms with Crippen LogP contribution in [0.3, 0.4) is 0 Å². The molecule has 6 nitrogen and oxygen atoms in total. The summed E-state index contributed by atoms with van der Waals surface area (Å²) in [5, 5.41) is 10.5. The molecule has 1 aromatic heterocycles. The van der Waals surface area contributed by atoms with E-state index in [-0.39, 0.29) is 29.7 Å². The summed E-state index contributed by atoms with van der Waals surface area (Å²) in [5.41, 5.74) is 10.6. The Labute approximate surface area is 214 Å². The molecule has 1 aliphatic carbocycles. The van der Waals surface area contributed by atoms with Gasteiger partial charge in [0.15, 0.2) is 17.3 Å². The molecule has 2 aromatic rings. The van der Waals surface area contributed by atoms with Gasteiger partial charge < -0.3 is 15.6 Å². The molecule has 0 radical (unpaired) electrons. The number of ether oxygens (including phenoxy) is 1. The van der Waals surface area contributed by atoms with E-state index in [9.17, 15) is 14.7 Å². The molecule has 2 aliphatic rings. The first-order chi connectivity index (χ1) is 16.9. The number of methoxy groups -OCH3 is 1. The zero-order valence-corrected chi connectivity index (χ0v) is 21.8. The molecule has 1 aromatic carbocycles. The van der Waals surface area contributed by atoms with Crippen LogP contribution in [0.1, 0.15) is 73.6 Å². The molecule has 1 aliphatic heterocycles. The number of ketones is 2. The highest BCUT2D eigenvalue weighted by molar-refractivity contribution is 8.76. The van der Waals surface area contributed by atoms with E-state index in [4.69, 9.17) is 10.5 Å². The number of hydrogen-bond donors (Lipinski definition) is 2. The molecule has 4 bridgehead atoms. The average molecular weight is 513 g/mol. The van der Waals surface area contributed by atoms with Gasteiger partial charge in [0.2, 0.25) is 0 Å². The largest absolute Gasteiger partial charge is 0.504 e. The first-order valence-corrected chi connectivity index (χ1v) is 14.5. The summed E-state index contributed by atoms with van der Waals surface area (Å²) >= 11 is 0. The number of aromatic nitrogens is 1. The summed E-state index contributed by atoms with van der Waals surface area (Å²) in [6.45, 7) is 2.15. The van der Waals surface area contributed by atoms with Crippen molar-refractivity contribution in [3.63, 3.8) is 0 Å². The highest BCUT2D eigenvalue weighted by Crippen LogP contribution is 2.42. The van der Waals surface area contributed by atoms with Crippen molar-refractivity contribution in [2.75, 3.05) is 18.6 Å². The molecule has 0 saturated heterocycles. The van der Waals surface area contributed by atoms with Crippen LogP contribution in [0.25, 0.3) is 6.08 Å². The minimum atomic E-state index is -0.118. The van der Waals surface area contributed by atoms with E-state index in [1.54, 1.807) is 39.9 Å². The fourth-order valence-electron chi connectivity index (χ4n) is 4.72. The molecule has 35 heavy (non-hydrogen) atoms. The Kier molecular flexibility index (Phi) is 8.44. The Hall–Kier alpha value is -2.45. The number of pyridine rings is 1. The van der Waals surface area contributed by atoms with Gasteiger partial charge in [-0.3, -0.25) is 9.59 Å². The summed E-state index contributed by atoms with van der Waals surface area (Å²) in [4.78, 5) is 30.3. The number of fused-ring (bicyclic) bond motifs is 8. The quantitative estimate of drug-likeness (QED) is 0.378. The first kappa shape index (κ1) is 25.6. The van der Waals surface area contributed by atoms with Gasteiger partial charge in [-0.2, -0.15) is 0 Å². The number of carbonyl (C=O) groups is 2.